The van der Waals surface area contributed by atoms with Crippen molar-refractivity contribution < 1.29 is 10.2 Å². The summed E-state index contributed by atoms with van der Waals surface area (Å²) in [6.07, 6.45) is 5.49. The summed E-state index contributed by atoms with van der Waals surface area (Å²) < 4.78 is 1.77. The predicted molar refractivity (Wildman–Crippen MR) is 122 cm³/mol. The molecule has 2 N–H and O–H groups in total. The summed E-state index contributed by atoms with van der Waals surface area (Å²) in [5.41, 5.74) is 4.60. The summed E-state index contributed by atoms with van der Waals surface area (Å²) in [6.45, 7) is 2.17. The van der Waals surface area contributed by atoms with Gasteiger partial charge in [-0.1, -0.05) is 18.2 Å². The lowest BCUT2D eigenvalue weighted by Gasteiger charge is -2.29. The van der Waals surface area contributed by atoms with Gasteiger partial charge >= 0.3 is 0 Å². The monoisotopic (exact) mass is 412 g/mol. The van der Waals surface area contributed by atoms with Crippen molar-refractivity contribution in [2.75, 3.05) is 18.0 Å². The van der Waals surface area contributed by atoms with Crippen molar-refractivity contribution >= 4 is 5.69 Å². The molecule has 0 saturated carbocycles. The number of hydrogen-bond donors (Lipinski definition) is 2. The second kappa shape index (κ2) is 8.14. The summed E-state index contributed by atoms with van der Waals surface area (Å²) >= 11 is 0. The average Bonchev–Trinajstić information content (AvgIpc) is 3.28. The number of aromatic nitrogens is 3. The van der Waals surface area contributed by atoms with E-state index in [1.807, 2.05) is 24.3 Å². The molecule has 31 heavy (non-hydrogen) atoms. The van der Waals surface area contributed by atoms with Gasteiger partial charge < -0.3 is 15.1 Å². The highest BCUT2D eigenvalue weighted by molar-refractivity contribution is 5.73. The van der Waals surface area contributed by atoms with E-state index in [1.54, 1.807) is 23.0 Å². The van der Waals surface area contributed by atoms with Crippen molar-refractivity contribution in [1.29, 1.82) is 0 Å². The first-order valence-electron chi connectivity index (χ1n) is 10.6. The Morgan fingerprint density at radius 3 is 2.39 bits per heavy atom. The first kappa shape index (κ1) is 19.2. The molecule has 0 aliphatic carbocycles. The standard InChI is InChI=1S/C25H24N4O2/c30-23-11-10-19(16-24(23)31)22-17-21(27-29(22)25-9-2-3-12-26-25)18-7-6-8-20(15-18)28-13-4-1-5-14-28/h2-3,6-12,15-17,30-31H,1,4-5,13-14H2. The molecule has 2 aromatic carbocycles. The van der Waals surface area contributed by atoms with Crippen LogP contribution >= 0.6 is 0 Å². The number of pyridine rings is 1. The van der Waals surface area contributed by atoms with E-state index in [0.29, 0.717) is 5.82 Å². The first-order chi connectivity index (χ1) is 15.2. The van der Waals surface area contributed by atoms with Gasteiger partial charge in [-0.25, -0.2) is 9.67 Å². The van der Waals surface area contributed by atoms with Gasteiger partial charge in [-0.15, -0.1) is 0 Å². The minimum Gasteiger partial charge on any atom is -0.504 e. The first-order valence-corrected chi connectivity index (χ1v) is 10.6. The highest BCUT2D eigenvalue weighted by Crippen LogP contribution is 2.34. The fourth-order valence-electron chi connectivity index (χ4n) is 4.08. The predicted octanol–water partition coefficient (Wildman–Crippen LogP) is 5.00. The Morgan fingerprint density at radius 2 is 1.61 bits per heavy atom. The molecule has 0 amide bonds. The molecule has 1 aliphatic heterocycles. The molecule has 0 unspecified atom stereocenters. The molecule has 1 aliphatic rings. The molecule has 6 heteroatoms. The second-order valence-electron chi connectivity index (χ2n) is 7.82. The van der Waals surface area contributed by atoms with Gasteiger partial charge in [-0.2, -0.15) is 5.10 Å². The normalized spacial score (nSPS) is 14.0. The van der Waals surface area contributed by atoms with Crippen molar-refractivity contribution in [1.82, 2.24) is 14.8 Å². The Bertz CT molecular complexity index is 1200. The van der Waals surface area contributed by atoms with Crippen LogP contribution in [-0.4, -0.2) is 38.1 Å². The number of benzene rings is 2. The van der Waals surface area contributed by atoms with Crippen LogP contribution in [0.4, 0.5) is 5.69 Å². The van der Waals surface area contributed by atoms with Crippen LogP contribution in [0, 0.1) is 0 Å². The van der Waals surface area contributed by atoms with Gasteiger partial charge in [0.15, 0.2) is 17.3 Å². The maximum absolute atomic E-state index is 10.0. The van der Waals surface area contributed by atoms with E-state index in [4.69, 9.17) is 5.10 Å². The van der Waals surface area contributed by atoms with Crippen LogP contribution in [0.1, 0.15) is 19.3 Å². The van der Waals surface area contributed by atoms with Crippen LogP contribution < -0.4 is 4.90 Å². The van der Waals surface area contributed by atoms with Gasteiger partial charge in [0.1, 0.15) is 0 Å². The van der Waals surface area contributed by atoms with Crippen LogP contribution in [0.3, 0.4) is 0 Å². The fourth-order valence-corrected chi connectivity index (χ4v) is 4.08. The fraction of sp³-hybridized carbons (Fsp3) is 0.200. The highest BCUT2D eigenvalue weighted by Gasteiger charge is 2.17. The summed E-state index contributed by atoms with van der Waals surface area (Å²) in [6, 6.07) is 20.9. The van der Waals surface area contributed by atoms with E-state index < -0.39 is 0 Å². The maximum Gasteiger partial charge on any atom is 0.158 e. The van der Waals surface area contributed by atoms with Crippen LogP contribution in [0.15, 0.2) is 72.9 Å². The third-order valence-electron chi connectivity index (χ3n) is 5.71. The van der Waals surface area contributed by atoms with Crippen molar-refractivity contribution in [3.8, 4) is 39.8 Å². The van der Waals surface area contributed by atoms with Gasteiger partial charge in [0.2, 0.25) is 0 Å². The summed E-state index contributed by atoms with van der Waals surface area (Å²) in [5.74, 6) is 0.366. The lowest BCUT2D eigenvalue weighted by Crippen LogP contribution is -2.29. The van der Waals surface area contributed by atoms with Crippen LogP contribution in [0.5, 0.6) is 11.5 Å². The Kier molecular flexibility index (Phi) is 5.04. The van der Waals surface area contributed by atoms with Gasteiger partial charge in [0.25, 0.3) is 0 Å². The lowest BCUT2D eigenvalue weighted by molar-refractivity contribution is 0.404. The zero-order chi connectivity index (χ0) is 21.2. The smallest absolute Gasteiger partial charge is 0.158 e. The van der Waals surface area contributed by atoms with E-state index >= 15 is 0 Å². The summed E-state index contributed by atoms with van der Waals surface area (Å²) in [4.78, 5) is 6.89. The number of piperidine rings is 1. The Morgan fingerprint density at radius 1 is 0.742 bits per heavy atom. The molecule has 4 aromatic rings. The number of phenols is 2. The third-order valence-corrected chi connectivity index (χ3v) is 5.71. The van der Waals surface area contributed by atoms with Gasteiger partial charge in [0.05, 0.1) is 11.4 Å². The molecule has 1 fully saturated rings. The molecule has 0 bridgehead atoms. The Labute approximate surface area is 181 Å². The third kappa shape index (κ3) is 3.84. The number of phenolic OH excluding ortho intramolecular Hbond substituents is 2. The molecule has 3 heterocycles. The SMILES string of the molecule is Oc1ccc(-c2cc(-c3cccc(N4CCCCC4)c3)nn2-c2ccccn2)cc1O. The highest BCUT2D eigenvalue weighted by atomic mass is 16.3. The molecule has 5 rings (SSSR count). The van der Waals surface area contributed by atoms with Crippen LogP contribution in [0.25, 0.3) is 28.3 Å². The molecule has 2 aromatic heterocycles. The van der Waals surface area contributed by atoms with Crippen molar-refractivity contribution in [3.63, 3.8) is 0 Å². The van der Waals surface area contributed by atoms with E-state index in [-0.39, 0.29) is 11.5 Å². The van der Waals surface area contributed by atoms with Crippen molar-refractivity contribution in [2.45, 2.75) is 19.3 Å². The number of hydrogen-bond acceptors (Lipinski definition) is 5. The molecule has 6 nitrogen and oxygen atoms in total. The minimum atomic E-state index is -0.167. The quantitative estimate of drug-likeness (QED) is 0.461. The Hall–Kier alpha value is -3.80. The van der Waals surface area contributed by atoms with Crippen molar-refractivity contribution in [2.24, 2.45) is 0 Å². The van der Waals surface area contributed by atoms with Crippen LogP contribution in [0.2, 0.25) is 0 Å². The average molecular weight is 412 g/mol. The molecular formula is C25H24N4O2. The lowest BCUT2D eigenvalue weighted by atomic mass is 10.1. The maximum atomic E-state index is 10.0. The zero-order valence-corrected chi connectivity index (χ0v) is 17.1. The second-order valence-corrected chi connectivity index (χ2v) is 7.82. The largest absolute Gasteiger partial charge is 0.504 e. The Balaban J connectivity index is 1.60. The van der Waals surface area contributed by atoms with Crippen molar-refractivity contribution in [3.05, 3.63) is 72.9 Å². The number of aromatic hydroxyl groups is 2. The number of nitrogens with zero attached hydrogens (tertiary/aromatic N) is 4. The molecule has 1 saturated heterocycles. The van der Waals surface area contributed by atoms with Gasteiger partial charge in [-0.3, -0.25) is 0 Å². The molecule has 0 spiro atoms. The summed E-state index contributed by atoms with van der Waals surface area (Å²) in [5, 5.41) is 24.6. The van der Waals surface area contributed by atoms with Crippen LogP contribution in [-0.2, 0) is 0 Å². The van der Waals surface area contributed by atoms with Gasteiger partial charge in [-0.05, 0) is 67.8 Å². The van der Waals surface area contributed by atoms with Gasteiger partial charge in [0, 0.05) is 36.1 Å². The zero-order valence-electron chi connectivity index (χ0n) is 17.1. The van der Waals surface area contributed by atoms with E-state index in [0.717, 1.165) is 35.6 Å². The van der Waals surface area contributed by atoms with E-state index in [9.17, 15) is 10.2 Å². The van der Waals surface area contributed by atoms with E-state index in [2.05, 4.69) is 34.1 Å². The van der Waals surface area contributed by atoms with E-state index in [1.165, 1.54) is 31.0 Å². The molecule has 0 radical (unpaired) electrons. The summed E-state index contributed by atoms with van der Waals surface area (Å²) in [7, 11) is 0. The number of rotatable bonds is 4. The molecule has 0 atom stereocenters. The topological polar surface area (TPSA) is 74.4 Å². The number of anilines is 1. The minimum absolute atomic E-state index is 0.151. The molecular weight excluding hydrogens is 388 g/mol. The molecule has 156 valence electrons.